The fraction of sp³-hybridized carbons (Fsp3) is 0.571. The molecule has 0 aliphatic carbocycles. The van der Waals surface area contributed by atoms with Gasteiger partial charge in [-0.05, 0) is 44.0 Å². The summed E-state index contributed by atoms with van der Waals surface area (Å²) in [5.41, 5.74) is 1.98. The predicted octanol–water partition coefficient (Wildman–Crippen LogP) is 2.73. The smallest absolute Gasteiger partial charge is 0.246 e. The summed E-state index contributed by atoms with van der Waals surface area (Å²) in [5.74, 6) is 0.442. The highest BCUT2D eigenvalue weighted by atomic mass is 32.2. The number of ether oxygens (including phenoxy) is 1. The maximum Gasteiger partial charge on any atom is 0.246 e. The Kier molecular flexibility index (Phi) is 5.38. The number of aryl methyl sites for hydroxylation is 2. The molecule has 0 amide bonds. The molecule has 0 fully saturated rings. The molecule has 4 nitrogen and oxygen atoms in total. The zero-order valence-corrected chi connectivity index (χ0v) is 13.2. The first-order valence-corrected chi connectivity index (χ1v) is 8.06. The number of benzene rings is 1. The van der Waals surface area contributed by atoms with E-state index >= 15 is 0 Å². The standard InChI is InChI=1S/C14H23NO3S/c1-6-15(7-2)19(16,17)14-10-12(5)11(4)9-13(14)18-8-3/h9-10H,6-8H2,1-5H3. The van der Waals surface area contributed by atoms with Crippen molar-refractivity contribution in [3.63, 3.8) is 0 Å². The van der Waals surface area contributed by atoms with Crippen LogP contribution in [0.1, 0.15) is 31.9 Å². The molecule has 0 radical (unpaired) electrons. The van der Waals surface area contributed by atoms with E-state index in [-0.39, 0.29) is 4.90 Å². The molecule has 0 aromatic heterocycles. The van der Waals surface area contributed by atoms with Gasteiger partial charge in [0.05, 0.1) is 6.61 Å². The van der Waals surface area contributed by atoms with Crippen molar-refractivity contribution in [3.05, 3.63) is 23.3 Å². The minimum absolute atomic E-state index is 0.265. The lowest BCUT2D eigenvalue weighted by molar-refractivity contribution is 0.329. The molecule has 1 rings (SSSR count). The van der Waals surface area contributed by atoms with E-state index in [1.165, 1.54) is 4.31 Å². The minimum Gasteiger partial charge on any atom is -0.492 e. The van der Waals surface area contributed by atoms with E-state index in [1.807, 2.05) is 34.6 Å². The van der Waals surface area contributed by atoms with E-state index in [2.05, 4.69) is 0 Å². The van der Waals surface area contributed by atoms with E-state index in [0.717, 1.165) is 11.1 Å². The van der Waals surface area contributed by atoms with E-state index in [1.54, 1.807) is 12.1 Å². The SMILES string of the molecule is CCOc1cc(C)c(C)cc1S(=O)(=O)N(CC)CC. The number of hydrogen-bond acceptors (Lipinski definition) is 3. The van der Waals surface area contributed by atoms with Gasteiger partial charge in [-0.1, -0.05) is 13.8 Å². The molecular weight excluding hydrogens is 262 g/mol. The summed E-state index contributed by atoms with van der Waals surface area (Å²) in [7, 11) is -3.48. The van der Waals surface area contributed by atoms with Gasteiger partial charge in [0.2, 0.25) is 10.0 Å². The predicted molar refractivity (Wildman–Crippen MR) is 77.2 cm³/mol. The summed E-state index contributed by atoms with van der Waals surface area (Å²) < 4.78 is 32.1. The molecule has 0 saturated heterocycles. The first kappa shape index (κ1) is 16.0. The van der Waals surface area contributed by atoms with Crippen LogP contribution in [0.15, 0.2) is 17.0 Å². The molecule has 0 spiro atoms. The van der Waals surface area contributed by atoms with Crippen LogP contribution in [0.4, 0.5) is 0 Å². The molecule has 0 bridgehead atoms. The third kappa shape index (κ3) is 3.28. The molecule has 0 heterocycles. The Morgan fingerprint density at radius 3 is 2.05 bits per heavy atom. The van der Waals surface area contributed by atoms with Gasteiger partial charge in [-0.15, -0.1) is 0 Å². The Balaban J connectivity index is 3.43. The number of hydrogen-bond donors (Lipinski definition) is 0. The van der Waals surface area contributed by atoms with Crippen LogP contribution in [0.25, 0.3) is 0 Å². The van der Waals surface area contributed by atoms with Crippen LogP contribution in [0.2, 0.25) is 0 Å². The van der Waals surface area contributed by atoms with Gasteiger partial charge in [-0.3, -0.25) is 0 Å². The summed E-state index contributed by atoms with van der Waals surface area (Å²) in [6.45, 7) is 10.7. The maximum atomic E-state index is 12.6. The quantitative estimate of drug-likeness (QED) is 0.807. The fourth-order valence-corrected chi connectivity index (χ4v) is 3.59. The summed E-state index contributed by atoms with van der Waals surface area (Å²) in [5, 5.41) is 0. The van der Waals surface area contributed by atoms with Gasteiger partial charge in [0.25, 0.3) is 0 Å². The van der Waals surface area contributed by atoms with Crippen molar-refractivity contribution in [2.24, 2.45) is 0 Å². The Bertz CT molecular complexity index is 534. The first-order chi connectivity index (χ1) is 8.88. The van der Waals surface area contributed by atoms with Crippen molar-refractivity contribution < 1.29 is 13.2 Å². The molecule has 0 N–H and O–H groups in total. The topological polar surface area (TPSA) is 46.6 Å². The van der Waals surface area contributed by atoms with Gasteiger partial charge < -0.3 is 4.74 Å². The molecule has 5 heteroatoms. The van der Waals surface area contributed by atoms with E-state index in [9.17, 15) is 8.42 Å². The van der Waals surface area contributed by atoms with Crippen molar-refractivity contribution in [2.75, 3.05) is 19.7 Å². The Labute approximate surface area is 116 Å². The summed E-state index contributed by atoms with van der Waals surface area (Å²) >= 11 is 0. The second-order valence-corrected chi connectivity index (χ2v) is 6.31. The van der Waals surface area contributed by atoms with Gasteiger partial charge in [-0.25, -0.2) is 8.42 Å². The highest BCUT2D eigenvalue weighted by Gasteiger charge is 2.26. The molecule has 0 aliphatic heterocycles. The van der Waals surface area contributed by atoms with E-state index in [0.29, 0.717) is 25.4 Å². The van der Waals surface area contributed by atoms with Gasteiger partial charge in [-0.2, -0.15) is 4.31 Å². The monoisotopic (exact) mass is 285 g/mol. The van der Waals surface area contributed by atoms with Crippen LogP contribution in [0.5, 0.6) is 5.75 Å². The summed E-state index contributed by atoms with van der Waals surface area (Å²) in [6, 6.07) is 3.50. The summed E-state index contributed by atoms with van der Waals surface area (Å²) in [4.78, 5) is 0.265. The molecule has 0 saturated carbocycles. The van der Waals surface area contributed by atoms with E-state index < -0.39 is 10.0 Å². The van der Waals surface area contributed by atoms with Crippen LogP contribution in [0.3, 0.4) is 0 Å². The lowest BCUT2D eigenvalue weighted by atomic mass is 10.1. The molecule has 1 aromatic carbocycles. The lowest BCUT2D eigenvalue weighted by Crippen LogP contribution is -2.31. The van der Waals surface area contributed by atoms with Gasteiger partial charge in [0.15, 0.2) is 0 Å². The third-order valence-electron chi connectivity index (χ3n) is 3.18. The zero-order chi connectivity index (χ0) is 14.6. The molecular formula is C14H23NO3S. The van der Waals surface area contributed by atoms with Crippen LogP contribution >= 0.6 is 0 Å². The van der Waals surface area contributed by atoms with Crippen molar-refractivity contribution in [2.45, 2.75) is 39.5 Å². The second kappa shape index (κ2) is 6.39. The van der Waals surface area contributed by atoms with Gasteiger partial charge in [0.1, 0.15) is 10.6 Å². The molecule has 0 aliphatic rings. The van der Waals surface area contributed by atoms with Crippen LogP contribution in [0, 0.1) is 13.8 Å². The second-order valence-electron chi connectivity index (χ2n) is 4.41. The van der Waals surface area contributed by atoms with Crippen molar-refractivity contribution in [1.29, 1.82) is 0 Å². The highest BCUT2D eigenvalue weighted by molar-refractivity contribution is 7.89. The molecule has 0 atom stereocenters. The van der Waals surface area contributed by atoms with Crippen LogP contribution in [-0.4, -0.2) is 32.4 Å². The maximum absolute atomic E-state index is 12.6. The van der Waals surface area contributed by atoms with Gasteiger partial charge in [0, 0.05) is 13.1 Å². The summed E-state index contributed by atoms with van der Waals surface area (Å²) in [6.07, 6.45) is 0. The fourth-order valence-electron chi connectivity index (χ4n) is 1.94. The van der Waals surface area contributed by atoms with Gasteiger partial charge >= 0.3 is 0 Å². The number of sulfonamides is 1. The molecule has 0 unspecified atom stereocenters. The van der Waals surface area contributed by atoms with Crippen LogP contribution in [-0.2, 0) is 10.0 Å². The highest BCUT2D eigenvalue weighted by Crippen LogP contribution is 2.30. The van der Waals surface area contributed by atoms with Crippen molar-refractivity contribution >= 4 is 10.0 Å². The van der Waals surface area contributed by atoms with Crippen LogP contribution < -0.4 is 4.74 Å². The Morgan fingerprint density at radius 2 is 1.58 bits per heavy atom. The average Bonchev–Trinajstić information content (AvgIpc) is 2.34. The third-order valence-corrected chi connectivity index (χ3v) is 5.25. The largest absolute Gasteiger partial charge is 0.492 e. The average molecular weight is 285 g/mol. The van der Waals surface area contributed by atoms with Crippen molar-refractivity contribution in [3.8, 4) is 5.75 Å². The molecule has 108 valence electrons. The first-order valence-electron chi connectivity index (χ1n) is 6.62. The number of nitrogens with zero attached hydrogens (tertiary/aromatic N) is 1. The molecule has 19 heavy (non-hydrogen) atoms. The Morgan fingerprint density at radius 1 is 1.05 bits per heavy atom. The van der Waals surface area contributed by atoms with E-state index in [4.69, 9.17) is 4.74 Å². The normalized spacial score (nSPS) is 11.9. The van der Waals surface area contributed by atoms with Crippen molar-refractivity contribution in [1.82, 2.24) is 4.31 Å². The Hall–Kier alpha value is -1.07. The molecule has 1 aromatic rings. The number of rotatable bonds is 6. The lowest BCUT2D eigenvalue weighted by Gasteiger charge is -2.21. The zero-order valence-electron chi connectivity index (χ0n) is 12.4. The minimum atomic E-state index is -3.48.